The number of carboxylic acid groups (broad SMARTS) is 1. The summed E-state index contributed by atoms with van der Waals surface area (Å²) in [6.07, 6.45) is 1.91. The fourth-order valence-corrected chi connectivity index (χ4v) is 7.37. The molecule has 344 valence electrons. The van der Waals surface area contributed by atoms with E-state index in [0.29, 0.717) is 22.6 Å². The highest BCUT2D eigenvalue weighted by atomic mass is 32.3. The molecule has 0 aliphatic rings. The van der Waals surface area contributed by atoms with E-state index in [1.165, 1.54) is 42.5 Å². The largest absolute Gasteiger partial charge is 0.505 e. The molecule has 0 radical (unpaired) electrons. The van der Waals surface area contributed by atoms with Gasteiger partial charge in [-0.05, 0) is 95.8 Å². The van der Waals surface area contributed by atoms with Gasteiger partial charge in [-0.2, -0.15) is 36.9 Å². The van der Waals surface area contributed by atoms with Gasteiger partial charge in [-0.3, -0.25) is 18.8 Å². The van der Waals surface area contributed by atoms with Gasteiger partial charge in [0.25, 0.3) is 10.1 Å². The van der Waals surface area contributed by atoms with Crippen LogP contribution in [-0.2, 0) is 43.9 Å². The Kier molecular flexibility index (Phi) is 17.1. The maximum absolute atomic E-state index is 12.5. The van der Waals surface area contributed by atoms with Gasteiger partial charge in [-0.25, -0.2) is 5.26 Å². The smallest absolute Gasteiger partial charge is 0.433 e. The van der Waals surface area contributed by atoms with Crippen molar-refractivity contribution in [2.24, 2.45) is 20.5 Å². The van der Waals surface area contributed by atoms with Crippen LogP contribution in [-0.4, -0.2) is 73.6 Å². The number of fused-ring (bicyclic) bond motifs is 1. The molecule has 0 aliphatic carbocycles. The van der Waals surface area contributed by atoms with E-state index in [1.54, 1.807) is 24.3 Å². The van der Waals surface area contributed by atoms with E-state index in [9.17, 15) is 36.4 Å². The molecule has 11 N–H and O–H groups in total. The zero-order valence-electron chi connectivity index (χ0n) is 32.9. The number of nitrogens with one attached hydrogen (secondary N) is 2. The van der Waals surface area contributed by atoms with Gasteiger partial charge in [0, 0.05) is 32.3 Å². The summed E-state index contributed by atoms with van der Waals surface area (Å²) in [6.45, 7) is 1.91. The monoisotopic (exact) mass is 1000 g/mol. The van der Waals surface area contributed by atoms with Crippen molar-refractivity contribution < 1.29 is 70.3 Å². The van der Waals surface area contributed by atoms with E-state index in [0.717, 1.165) is 35.2 Å². The number of aromatic hydroxyl groups is 1. The van der Waals surface area contributed by atoms with Crippen molar-refractivity contribution in [3.63, 3.8) is 0 Å². The Morgan fingerprint density at radius 1 is 0.833 bits per heavy atom. The summed E-state index contributed by atoms with van der Waals surface area (Å²) in [4.78, 5) is 28.2. The topological polar surface area (TPSA) is 393 Å². The number of nitrogen functional groups attached to an aromatic ring is 1. The van der Waals surface area contributed by atoms with E-state index in [1.807, 2.05) is 25.2 Å². The second-order valence-electron chi connectivity index (χ2n) is 12.4. The number of carboxylic acids is 1. The Labute approximate surface area is 384 Å². The van der Waals surface area contributed by atoms with Crippen molar-refractivity contribution in [1.29, 1.82) is 0 Å². The number of anilines is 5. The van der Waals surface area contributed by atoms with Crippen LogP contribution in [0.4, 0.5) is 51.7 Å². The van der Waals surface area contributed by atoms with Crippen LogP contribution in [0, 0.1) is 18.3 Å². The number of hydrogen-bond acceptors (Lipinski definition) is 24. The van der Waals surface area contributed by atoms with Gasteiger partial charge >= 0.3 is 16.4 Å². The van der Waals surface area contributed by atoms with Crippen molar-refractivity contribution in [3.05, 3.63) is 90.5 Å². The molecule has 5 aromatic carbocycles. The van der Waals surface area contributed by atoms with Gasteiger partial charge in [0.15, 0.2) is 17.0 Å². The molecule has 0 saturated carbocycles. The van der Waals surface area contributed by atoms with Crippen LogP contribution in [0.1, 0.15) is 5.56 Å². The second-order valence-corrected chi connectivity index (χ2v) is 17.3. The predicted molar refractivity (Wildman–Crippen MR) is 239 cm³/mol. The molecule has 66 heavy (non-hydrogen) atoms. The number of thioether (sulfide) groups is 2. The molecule has 25 nitrogen and oxygen atoms in total. The SMILES string of the molecule is Cc1ccc(Nc2nc(Nc3ccc(S(=O)(=O)O)c(N=Nc4c(N)ccc5c(O)c(N=Nc6ccc(SC#COOS(=O)(=O)O)cc6)c(SOOO)cc45)c3)nc(SCC(=O)O)n2)cc1.O. The van der Waals surface area contributed by atoms with Crippen molar-refractivity contribution in [1.82, 2.24) is 15.0 Å². The van der Waals surface area contributed by atoms with Gasteiger partial charge in [0.1, 0.15) is 22.0 Å². The Bertz CT molecular complexity index is 3100. The van der Waals surface area contributed by atoms with E-state index in [-0.39, 0.29) is 72.4 Å². The number of nitrogens with two attached hydrogens (primary N) is 1. The maximum atomic E-state index is 12.5. The average molecular weight is 1000 g/mol. The number of aliphatic carboxylic acids is 1. The van der Waals surface area contributed by atoms with Gasteiger partial charge in [0.05, 0.1) is 34.1 Å². The third-order valence-electron chi connectivity index (χ3n) is 7.86. The molecule has 30 heteroatoms. The molecule has 0 saturated heterocycles. The summed E-state index contributed by atoms with van der Waals surface area (Å²) in [7, 11) is -9.74. The summed E-state index contributed by atoms with van der Waals surface area (Å²) in [5, 5.41) is 58.6. The highest BCUT2D eigenvalue weighted by Crippen LogP contribution is 2.48. The molecule has 0 fully saturated rings. The Hall–Kier alpha value is -6.73. The van der Waals surface area contributed by atoms with Gasteiger partial charge in [-0.15, -0.1) is 19.7 Å². The van der Waals surface area contributed by atoms with Crippen LogP contribution in [0.2, 0.25) is 0 Å². The van der Waals surface area contributed by atoms with Crippen LogP contribution in [0.25, 0.3) is 10.8 Å². The first kappa shape index (κ1) is 50.3. The summed E-state index contributed by atoms with van der Waals surface area (Å²) in [5.74, 6) is -1.97. The Balaban J connectivity index is 0.00000817. The lowest BCUT2D eigenvalue weighted by atomic mass is 10.1. The number of rotatable bonds is 18. The minimum absolute atomic E-state index is 0. The number of azo groups is 2. The zero-order valence-corrected chi connectivity index (χ0v) is 37.0. The Morgan fingerprint density at radius 2 is 1.50 bits per heavy atom. The maximum Gasteiger partial charge on any atom is 0.433 e. The van der Waals surface area contributed by atoms with Crippen molar-refractivity contribution in [2.45, 2.75) is 26.8 Å². The number of aromatic nitrogens is 3. The van der Waals surface area contributed by atoms with Gasteiger partial charge in [0.2, 0.25) is 11.9 Å². The molecule has 0 aliphatic heterocycles. The van der Waals surface area contributed by atoms with Crippen LogP contribution in [0.15, 0.2) is 125 Å². The number of carbonyl (C=O) groups is 1. The lowest BCUT2D eigenvalue weighted by molar-refractivity contribution is -0.432. The first-order valence-electron chi connectivity index (χ1n) is 17.4. The van der Waals surface area contributed by atoms with Crippen LogP contribution in [0.5, 0.6) is 5.75 Å². The van der Waals surface area contributed by atoms with Crippen LogP contribution < -0.4 is 16.4 Å². The fourth-order valence-electron chi connectivity index (χ4n) is 5.14. The lowest BCUT2D eigenvalue weighted by Crippen LogP contribution is -2.07. The number of nitrogens with zero attached hydrogens (tertiary/aromatic N) is 7. The molecule has 0 spiro atoms. The van der Waals surface area contributed by atoms with Crippen molar-refractivity contribution in [3.8, 4) is 17.1 Å². The average Bonchev–Trinajstić information content (AvgIpc) is 3.24. The number of aryl methyl sites for hydroxylation is 1. The molecule has 1 aromatic heterocycles. The molecular weight excluding hydrogens is 973 g/mol. The first-order chi connectivity index (χ1) is 30.9. The van der Waals surface area contributed by atoms with Crippen LogP contribution >= 0.6 is 35.6 Å². The number of phenols is 1. The third kappa shape index (κ3) is 14.1. The van der Waals surface area contributed by atoms with E-state index < -0.39 is 42.8 Å². The van der Waals surface area contributed by atoms with Crippen molar-refractivity contribution in [2.75, 3.05) is 22.1 Å². The van der Waals surface area contributed by atoms with Gasteiger partial charge in [-0.1, -0.05) is 34.5 Å². The summed E-state index contributed by atoms with van der Waals surface area (Å²) in [6, 6.07) is 21.2. The molecule has 0 amide bonds. The third-order valence-corrected chi connectivity index (χ3v) is 11.1. The minimum Gasteiger partial charge on any atom is -0.505 e. The highest BCUT2D eigenvalue weighted by molar-refractivity contribution is 8.04. The standard InChI is InChI=1S/C36H28N10O14S5.H2O/c1-19-2-4-20(5-3-19)38-34-40-35(42-36(41-34)62-18-30(47)48)39-22-8-13-29(64(51,52)53)27(16-22)44-45-31-25-17-28(63-59-58-50)32(33(49)24(25)11-12-26(31)37)46-43-21-6-9-23(10-7-21)61-15-14-57-60-65(54,55)56;/h2-13,16-17,49-50H,18,37H2,1H3,(H,47,48)(H,51,52,53)(H,54,55,56)(H2,38,39,40,41,42);1H2. The summed E-state index contributed by atoms with van der Waals surface area (Å²) in [5.41, 5.74) is 7.71. The van der Waals surface area contributed by atoms with E-state index in [2.05, 4.69) is 69.9 Å². The Morgan fingerprint density at radius 3 is 2.15 bits per heavy atom. The molecule has 0 atom stereocenters. The van der Waals surface area contributed by atoms with Crippen LogP contribution in [0.3, 0.4) is 0 Å². The summed E-state index contributed by atoms with van der Waals surface area (Å²) >= 11 is 2.14. The fraction of sp³-hybridized carbons (Fsp3) is 0.0556. The number of hydrogen-bond donors (Lipinski definition) is 8. The molecular formula is C36H30N10O15S5. The molecule has 0 unspecified atom stereocenters. The minimum atomic E-state index is -4.90. The predicted octanol–water partition coefficient (Wildman–Crippen LogP) is 7.73. The first-order valence-corrected chi connectivity index (χ1v) is 22.8. The number of phenolic OH excluding ortho intramolecular Hbond substituents is 1. The summed E-state index contributed by atoms with van der Waals surface area (Å²) < 4.78 is 72.9. The van der Waals surface area contributed by atoms with E-state index in [4.69, 9.17) is 15.5 Å². The molecule has 6 rings (SSSR count). The quantitative estimate of drug-likeness (QED) is 0.00596. The number of benzene rings is 5. The zero-order chi connectivity index (χ0) is 46.7. The highest BCUT2D eigenvalue weighted by Gasteiger charge is 2.21. The van der Waals surface area contributed by atoms with Gasteiger partial charge < -0.3 is 32.1 Å². The lowest BCUT2D eigenvalue weighted by Gasteiger charge is -2.12. The molecule has 6 aromatic rings. The molecule has 1 heterocycles. The second kappa shape index (κ2) is 22.4. The van der Waals surface area contributed by atoms with E-state index >= 15 is 0 Å². The molecule has 0 bridgehead atoms. The van der Waals surface area contributed by atoms with Crippen molar-refractivity contribution >= 4 is 125 Å². The normalized spacial score (nSPS) is 11.6.